The predicted octanol–water partition coefficient (Wildman–Crippen LogP) is 8.61. The molecule has 4 heterocycles. The molecule has 4 saturated carbocycles. The van der Waals surface area contributed by atoms with Gasteiger partial charge in [0.2, 0.25) is 20.8 Å². The van der Waals surface area contributed by atoms with E-state index in [0.29, 0.717) is 23.7 Å². The monoisotopic (exact) mass is 1090 g/mol. The van der Waals surface area contributed by atoms with Gasteiger partial charge in [0.1, 0.15) is 12.2 Å². The van der Waals surface area contributed by atoms with Crippen molar-refractivity contribution < 1.29 is 68.6 Å². The highest BCUT2D eigenvalue weighted by Crippen LogP contribution is 2.73. The predicted molar refractivity (Wildman–Crippen MR) is 274 cm³/mol. The molecule has 1 spiro atoms. The molecule has 12 rings (SSSR count). The van der Waals surface area contributed by atoms with Gasteiger partial charge >= 0.3 is 0 Å². The van der Waals surface area contributed by atoms with Crippen LogP contribution in [0.4, 0.5) is 0 Å². The normalized spacial score (nSPS) is 50.3. The van der Waals surface area contributed by atoms with Crippen LogP contribution in [0.1, 0.15) is 186 Å². The lowest BCUT2D eigenvalue weighted by atomic mass is 9.42. The third-order valence-corrected chi connectivity index (χ3v) is 25.9. The lowest BCUT2D eigenvalue weighted by molar-refractivity contribution is -0.408. The van der Waals surface area contributed by atoms with Crippen LogP contribution in [0.3, 0.4) is 0 Å². The molecule has 3 N–H and O–H groups in total. The molecule has 0 aromatic carbocycles. The molecule has 424 valence electrons. The number of aliphatic hydroxyl groups is 3. The first-order valence-corrected chi connectivity index (χ1v) is 31.5. The number of carbonyl (C=O) groups excluding carboxylic acids is 1. The van der Waals surface area contributed by atoms with Gasteiger partial charge in [-0.05, 0) is 181 Å². The lowest BCUT2D eigenvalue weighted by Crippen LogP contribution is -2.76. The van der Waals surface area contributed by atoms with Gasteiger partial charge in [0, 0.05) is 28.1 Å². The largest absolute Gasteiger partial charge is 0.726 e. The van der Waals surface area contributed by atoms with Crippen LogP contribution >= 0.6 is 0 Å². The van der Waals surface area contributed by atoms with E-state index in [4.69, 9.17) is 22.6 Å². The Bertz CT molecular complexity index is 2660. The number of ketones is 1. The molecule has 4 bridgehead atoms. The Kier molecular flexibility index (Phi) is 12.8. The summed E-state index contributed by atoms with van der Waals surface area (Å²) in [5.41, 5.74) is 0.0442. The maximum atomic E-state index is 13.5. The Labute approximate surface area is 447 Å². The summed E-state index contributed by atoms with van der Waals surface area (Å²) in [6.07, 6.45) is 7.28. The first kappa shape index (κ1) is 55.6. The van der Waals surface area contributed by atoms with E-state index in [1.807, 2.05) is 0 Å². The molecule has 8 fully saturated rings. The number of Topliss-reactive ketones (excluding diaryl/α,β-unsaturated/α-hetero) is 1. The Balaban J connectivity index is 0.835. The molecular formula is C58H88O15S2-2. The standard InChI is InChI=1S/C58H90O15S2/c1-30(35-14-16-37-33-24-43(71-74(63,64)65)47-50(3,4)49(61)41(59)27-55(47,11)39(33)19-21-53(35,37)9)13-18-46-56(12)26-32(52(7,8)73-56)23-42(70-46)31(2)36-15-17-38-34-25-44(72-75(66,67)68)48-51(5,6)58(62)45(60)28-57(48,29-69-58)40(34)20-22-54(36,38)10/h30-32,35-38,41-48,59-60,62H,13-29H2,1-12H3,(H,63,64,65)(H,66,67,68)/p-2/t30-,31+,32-,35-,36-,37+,38+,41+,42-,43+,44+,45+,46+,47+,48+,53-,54-,55-,56-,57+,58+/m1/s1. The van der Waals surface area contributed by atoms with Crippen LogP contribution in [0.5, 0.6) is 0 Å². The van der Waals surface area contributed by atoms with Crippen molar-refractivity contribution in [1.29, 1.82) is 0 Å². The number of aliphatic hydroxyl groups excluding tert-OH is 2. The fourth-order valence-electron chi connectivity index (χ4n) is 22.0. The highest BCUT2D eigenvalue weighted by molar-refractivity contribution is 7.81. The van der Waals surface area contributed by atoms with Gasteiger partial charge in [-0.25, -0.2) is 16.8 Å². The summed E-state index contributed by atoms with van der Waals surface area (Å²) in [6, 6.07) is 0. The Hall–Kier alpha value is -1.35. The highest BCUT2D eigenvalue weighted by atomic mass is 32.3. The zero-order valence-corrected chi connectivity index (χ0v) is 48.4. The highest BCUT2D eigenvalue weighted by Gasteiger charge is 2.75. The smallest absolute Gasteiger partial charge is 0.217 e. The Morgan fingerprint density at radius 2 is 1.31 bits per heavy atom. The van der Waals surface area contributed by atoms with E-state index < -0.39 is 90.1 Å². The molecule has 0 radical (unpaired) electrons. The number of allylic oxidation sites excluding steroid dienone is 1. The van der Waals surface area contributed by atoms with Crippen LogP contribution in [0.2, 0.25) is 0 Å². The molecule has 0 unspecified atom stereocenters. The van der Waals surface area contributed by atoms with Crippen molar-refractivity contribution >= 4 is 26.6 Å². The van der Waals surface area contributed by atoms with E-state index in [9.17, 15) is 46.1 Å². The number of carbonyl (C=O) groups is 1. The number of fused-ring (bicyclic) bond motifs is 10. The zero-order valence-electron chi connectivity index (χ0n) is 46.7. The van der Waals surface area contributed by atoms with Gasteiger partial charge in [0.15, 0.2) is 11.6 Å². The minimum Gasteiger partial charge on any atom is -0.726 e. The second-order valence-electron chi connectivity index (χ2n) is 29.5. The minimum atomic E-state index is -5.10. The summed E-state index contributed by atoms with van der Waals surface area (Å²) in [5.74, 6) is -1.57. The SMILES string of the molecule is C[C@@H]([C@H]1CC[C@H]2C3=C(CC[C@]12C)[C@@]12CO[C@@](O)([C@@H](O)C1)C(C)(C)[C@@H]2[C@@H](OS(=O)(=O)[O-])C3)[C@H]1C[C@@H]2C[C@@](C)(OC2(C)C)[C@H](CC[C@@H](C)[C@H]2CC[C@H]3C4=C(CC[C@]23C)[C@@]2(C)C[C@H](O)C(=O)C(C)(C)[C@@H]2[C@@H](OS(=O)(=O)[O-])C4)O1. The molecule has 8 aliphatic carbocycles. The third-order valence-electron chi connectivity index (χ3n) is 25.0. The fraction of sp³-hybridized carbons (Fsp3) is 0.914. The van der Waals surface area contributed by atoms with Crippen LogP contribution in [0.15, 0.2) is 22.3 Å². The van der Waals surface area contributed by atoms with E-state index >= 15 is 0 Å². The van der Waals surface area contributed by atoms with Gasteiger partial charge in [0.05, 0.1) is 42.2 Å². The van der Waals surface area contributed by atoms with E-state index in [2.05, 4.69) is 55.4 Å². The molecule has 15 nitrogen and oxygen atoms in total. The molecule has 21 atom stereocenters. The minimum absolute atomic E-state index is 0.0220. The van der Waals surface area contributed by atoms with Crippen molar-refractivity contribution in [2.24, 2.45) is 85.8 Å². The zero-order chi connectivity index (χ0) is 54.6. The summed E-state index contributed by atoms with van der Waals surface area (Å²) < 4.78 is 106. The topological polar surface area (TPSA) is 238 Å². The quantitative estimate of drug-likeness (QED) is 0.105. The van der Waals surface area contributed by atoms with Gasteiger partial charge in [-0.3, -0.25) is 13.2 Å². The summed E-state index contributed by atoms with van der Waals surface area (Å²) in [6.45, 7) is 25.6. The van der Waals surface area contributed by atoms with Crippen molar-refractivity contribution in [2.75, 3.05) is 6.61 Å². The van der Waals surface area contributed by atoms with Crippen LogP contribution in [-0.2, 0) is 48.2 Å². The van der Waals surface area contributed by atoms with Gasteiger partial charge in [-0.15, -0.1) is 0 Å². The number of hydrogen-bond donors (Lipinski definition) is 3. The maximum Gasteiger partial charge on any atom is 0.217 e. The van der Waals surface area contributed by atoms with Crippen molar-refractivity contribution in [3.63, 3.8) is 0 Å². The average Bonchev–Trinajstić information content (AvgIpc) is 3.86. The van der Waals surface area contributed by atoms with Crippen LogP contribution in [0.25, 0.3) is 0 Å². The van der Waals surface area contributed by atoms with Crippen molar-refractivity contribution in [3.8, 4) is 0 Å². The van der Waals surface area contributed by atoms with Crippen molar-refractivity contribution in [2.45, 2.75) is 239 Å². The van der Waals surface area contributed by atoms with Gasteiger partial charge in [-0.2, -0.15) is 0 Å². The average molecular weight is 1090 g/mol. The van der Waals surface area contributed by atoms with Crippen LogP contribution in [0, 0.1) is 85.8 Å². The van der Waals surface area contributed by atoms with E-state index in [-0.39, 0.29) is 84.5 Å². The first-order valence-electron chi connectivity index (χ1n) is 28.8. The van der Waals surface area contributed by atoms with Gasteiger partial charge in [-0.1, -0.05) is 84.6 Å². The number of ether oxygens (including phenoxy) is 3. The lowest BCUT2D eigenvalue weighted by Gasteiger charge is -2.70. The summed E-state index contributed by atoms with van der Waals surface area (Å²) >= 11 is 0. The van der Waals surface area contributed by atoms with E-state index in [0.717, 1.165) is 82.6 Å². The number of hydrogen-bond acceptors (Lipinski definition) is 15. The Morgan fingerprint density at radius 3 is 1.91 bits per heavy atom. The molecule has 0 aromatic rings. The molecule has 4 aliphatic heterocycles. The van der Waals surface area contributed by atoms with Crippen molar-refractivity contribution in [3.05, 3.63) is 22.3 Å². The molecule has 0 amide bonds. The van der Waals surface area contributed by atoms with E-state index in [1.165, 1.54) is 16.7 Å². The van der Waals surface area contributed by atoms with Gasteiger partial charge in [0.25, 0.3) is 0 Å². The second-order valence-corrected chi connectivity index (χ2v) is 31.5. The Morgan fingerprint density at radius 1 is 0.747 bits per heavy atom. The maximum absolute atomic E-state index is 13.5. The van der Waals surface area contributed by atoms with Crippen LogP contribution < -0.4 is 0 Å². The van der Waals surface area contributed by atoms with Crippen molar-refractivity contribution in [1.82, 2.24) is 0 Å². The second kappa shape index (κ2) is 17.3. The number of rotatable bonds is 10. The summed E-state index contributed by atoms with van der Waals surface area (Å²) in [5, 5.41) is 34.5. The summed E-state index contributed by atoms with van der Waals surface area (Å²) in [4.78, 5) is 13.5. The molecule has 17 heteroatoms. The first-order chi connectivity index (χ1) is 34.5. The molecule has 75 heavy (non-hydrogen) atoms. The third kappa shape index (κ3) is 8.02. The molecule has 4 saturated heterocycles. The fourth-order valence-corrected chi connectivity index (χ4v) is 22.9. The van der Waals surface area contributed by atoms with Crippen LogP contribution in [-0.4, -0.2) is 107 Å². The molecule has 0 aromatic heterocycles. The van der Waals surface area contributed by atoms with E-state index in [1.54, 1.807) is 27.7 Å². The molecule has 12 aliphatic rings. The summed E-state index contributed by atoms with van der Waals surface area (Å²) in [7, 11) is -10.2. The molecular weight excluding hydrogens is 1000 g/mol. The van der Waals surface area contributed by atoms with Gasteiger partial charge < -0.3 is 38.6 Å².